The molecular weight excluding hydrogens is 258 g/mol. The molecule has 0 saturated carbocycles. The fourth-order valence-corrected chi connectivity index (χ4v) is 1.81. The molecule has 0 aliphatic heterocycles. The Kier molecular flexibility index (Phi) is 6.95. The maximum absolute atomic E-state index is 12.0. The van der Waals surface area contributed by atoms with Crippen LogP contribution in [0.4, 0.5) is 0 Å². The number of rotatable bonds is 7. The number of carbonyl (C=O) groups excluding carboxylic acids is 1. The van der Waals surface area contributed by atoms with Crippen LogP contribution in [-0.4, -0.2) is 25.7 Å². The minimum absolute atomic E-state index is 0.0686. The number of carbonyl (C=O) groups is 1. The molecule has 0 unspecified atom stereocenters. The SMILES string of the molecule is Cc1ccc(S)cc1C(=O)NCCOCCC(C)C. The maximum Gasteiger partial charge on any atom is 0.251 e. The molecule has 1 amide bonds. The van der Waals surface area contributed by atoms with Crippen LogP contribution in [0.3, 0.4) is 0 Å². The molecule has 0 aliphatic rings. The Morgan fingerprint density at radius 3 is 2.79 bits per heavy atom. The van der Waals surface area contributed by atoms with Gasteiger partial charge < -0.3 is 10.1 Å². The lowest BCUT2D eigenvalue weighted by atomic mass is 10.1. The Labute approximate surface area is 121 Å². The molecule has 0 aliphatic carbocycles. The first kappa shape index (κ1) is 16.1. The normalized spacial score (nSPS) is 10.8. The van der Waals surface area contributed by atoms with Crippen molar-refractivity contribution in [2.75, 3.05) is 19.8 Å². The molecule has 0 heterocycles. The summed E-state index contributed by atoms with van der Waals surface area (Å²) in [4.78, 5) is 12.8. The van der Waals surface area contributed by atoms with Gasteiger partial charge in [-0.25, -0.2) is 0 Å². The first-order chi connectivity index (χ1) is 9.00. The van der Waals surface area contributed by atoms with Crippen molar-refractivity contribution in [2.24, 2.45) is 5.92 Å². The second kappa shape index (κ2) is 8.23. The molecule has 1 aromatic rings. The van der Waals surface area contributed by atoms with Crippen LogP contribution in [0, 0.1) is 12.8 Å². The van der Waals surface area contributed by atoms with Crippen molar-refractivity contribution in [1.29, 1.82) is 0 Å². The van der Waals surface area contributed by atoms with Crippen molar-refractivity contribution in [1.82, 2.24) is 5.32 Å². The van der Waals surface area contributed by atoms with E-state index in [1.807, 2.05) is 19.1 Å². The van der Waals surface area contributed by atoms with Gasteiger partial charge in [0.25, 0.3) is 5.91 Å². The van der Waals surface area contributed by atoms with E-state index in [2.05, 4.69) is 31.8 Å². The number of amides is 1. The monoisotopic (exact) mass is 281 g/mol. The first-order valence-electron chi connectivity index (χ1n) is 6.66. The van der Waals surface area contributed by atoms with Crippen molar-refractivity contribution in [2.45, 2.75) is 32.1 Å². The minimum Gasteiger partial charge on any atom is -0.380 e. The highest BCUT2D eigenvalue weighted by molar-refractivity contribution is 7.80. The lowest BCUT2D eigenvalue weighted by Gasteiger charge is -2.09. The average Bonchev–Trinajstić information content (AvgIpc) is 2.36. The van der Waals surface area contributed by atoms with Crippen LogP contribution >= 0.6 is 12.6 Å². The summed E-state index contributed by atoms with van der Waals surface area (Å²) >= 11 is 4.25. The molecule has 19 heavy (non-hydrogen) atoms. The summed E-state index contributed by atoms with van der Waals surface area (Å²) < 4.78 is 5.45. The van der Waals surface area contributed by atoms with E-state index >= 15 is 0 Å². The molecule has 0 fully saturated rings. The van der Waals surface area contributed by atoms with E-state index in [1.165, 1.54) is 0 Å². The molecule has 0 atom stereocenters. The van der Waals surface area contributed by atoms with Crippen LogP contribution in [0.25, 0.3) is 0 Å². The molecule has 0 aromatic heterocycles. The summed E-state index contributed by atoms with van der Waals surface area (Å²) in [5.74, 6) is 0.580. The van der Waals surface area contributed by atoms with Crippen LogP contribution in [0.15, 0.2) is 23.1 Å². The summed E-state index contributed by atoms with van der Waals surface area (Å²) in [5.41, 5.74) is 1.63. The molecular formula is C15H23NO2S. The van der Waals surface area contributed by atoms with Crippen molar-refractivity contribution >= 4 is 18.5 Å². The molecule has 0 spiro atoms. The maximum atomic E-state index is 12.0. The molecule has 106 valence electrons. The van der Waals surface area contributed by atoms with Gasteiger partial charge in [0.2, 0.25) is 0 Å². The van der Waals surface area contributed by atoms with E-state index in [1.54, 1.807) is 6.07 Å². The largest absolute Gasteiger partial charge is 0.380 e. The second-order valence-corrected chi connectivity index (χ2v) is 5.57. The summed E-state index contributed by atoms with van der Waals surface area (Å²) in [5, 5.41) is 2.86. The second-order valence-electron chi connectivity index (χ2n) is 5.05. The van der Waals surface area contributed by atoms with Crippen molar-refractivity contribution < 1.29 is 9.53 Å². The quantitative estimate of drug-likeness (QED) is 0.595. The summed E-state index contributed by atoms with van der Waals surface area (Å²) in [6.45, 7) is 8.09. The first-order valence-corrected chi connectivity index (χ1v) is 7.11. The van der Waals surface area contributed by atoms with Crippen molar-refractivity contribution in [3.8, 4) is 0 Å². The zero-order chi connectivity index (χ0) is 14.3. The van der Waals surface area contributed by atoms with Gasteiger partial charge >= 0.3 is 0 Å². The van der Waals surface area contributed by atoms with Crippen LogP contribution < -0.4 is 5.32 Å². The third-order valence-corrected chi connectivity index (χ3v) is 3.12. The van der Waals surface area contributed by atoms with Gasteiger partial charge in [-0.2, -0.15) is 0 Å². The number of thiol groups is 1. The fraction of sp³-hybridized carbons (Fsp3) is 0.533. The zero-order valence-corrected chi connectivity index (χ0v) is 12.8. The van der Waals surface area contributed by atoms with Gasteiger partial charge in [-0.05, 0) is 37.0 Å². The number of hydrogen-bond donors (Lipinski definition) is 2. The Morgan fingerprint density at radius 1 is 1.37 bits per heavy atom. The molecule has 3 nitrogen and oxygen atoms in total. The molecule has 1 aromatic carbocycles. The number of hydrogen-bond acceptors (Lipinski definition) is 3. The Bertz CT molecular complexity index is 419. The predicted octanol–water partition coefficient (Wildman–Crippen LogP) is 3.08. The van der Waals surface area contributed by atoms with Crippen LogP contribution in [0.2, 0.25) is 0 Å². The highest BCUT2D eigenvalue weighted by Gasteiger charge is 2.08. The smallest absolute Gasteiger partial charge is 0.251 e. The summed E-state index contributed by atoms with van der Waals surface area (Å²) in [6.07, 6.45) is 1.05. The lowest BCUT2D eigenvalue weighted by Crippen LogP contribution is -2.28. The van der Waals surface area contributed by atoms with E-state index in [9.17, 15) is 4.79 Å². The van der Waals surface area contributed by atoms with Gasteiger partial charge in [-0.1, -0.05) is 19.9 Å². The average molecular weight is 281 g/mol. The summed E-state index contributed by atoms with van der Waals surface area (Å²) in [6, 6.07) is 5.56. The van der Waals surface area contributed by atoms with Crippen LogP contribution in [-0.2, 0) is 4.74 Å². The molecule has 1 rings (SSSR count). The standard InChI is InChI=1S/C15H23NO2S/c1-11(2)6-8-18-9-7-16-15(17)14-10-13(19)5-4-12(14)3/h4-5,10-11,19H,6-9H2,1-3H3,(H,16,17). The molecule has 0 bridgehead atoms. The van der Waals surface area contributed by atoms with Crippen LogP contribution in [0.1, 0.15) is 36.2 Å². The number of benzene rings is 1. The van der Waals surface area contributed by atoms with Gasteiger partial charge in [0.15, 0.2) is 0 Å². The van der Waals surface area contributed by atoms with Gasteiger partial charge in [0.1, 0.15) is 0 Å². The van der Waals surface area contributed by atoms with Gasteiger partial charge in [0.05, 0.1) is 6.61 Å². The van der Waals surface area contributed by atoms with Crippen LogP contribution in [0.5, 0.6) is 0 Å². The minimum atomic E-state index is -0.0686. The molecule has 0 saturated heterocycles. The van der Waals surface area contributed by atoms with E-state index < -0.39 is 0 Å². The van der Waals surface area contributed by atoms with Gasteiger partial charge in [0, 0.05) is 23.6 Å². The predicted molar refractivity (Wildman–Crippen MR) is 81.0 cm³/mol. The summed E-state index contributed by atoms with van der Waals surface area (Å²) in [7, 11) is 0. The molecule has 4 heteroatoms. The van der Waals surface area contributed by atoms with Crippen molar-refractivity contribution in [3.63, 3.8) is 0 Å². The number of nitrogens with one attached hydrogen (secondary N) is 1. The number of ether oxygens (including phenoxy) is 1. The highest BCUT2D eigenvalue weighted by Crippen LogP contribution is 2.13. The topological polar surface area (TPSA) is 38.3 Å². The highest BCUT2D eigenvalue weighted by atomic mass is 32.1. The third kappa shape index (κ3) is 6.12. The lowest BCUT2D eigenvalue weighted by molar-refractivity contribution is 0.0905. The van der Waals surface area contributed by atoms with E-state index in [0.29, 0.717) is 24.6 Å². The van der Waals surface area contributed by atoms with Crippen molar-refractivity contribution in [3.05, 3.63) is 29.3 Å². The third-order valence-electron chi connectivity index (χ3n) is 2.84. The van der Waals surface area contributed by atoms with E-state index in [0.717, 1.165) is 23.5 Å². The molecule has 1 N–H and O–H groups in total. The Hall–Kier alpha value is -1.00. The Balaban J connectivity index is 2.29. The molecule has 0 radical (unpaired) electrons. The van der Waals surface area contributed by atoms with Gasteiger partial charge in [-0.3, -0.25) is 4.79 Å². The van der Waals surface area contributed by atoms with E-state index in [-0.39, 0.29) is 5.91 Å². The Morgan fingerprint density at radius 2 is 2.11 bits per heavy atom. The van der Waals surface area contributed by atoms with Gasteiger partial charge in [-0.15, -0.1) is 12.6 Å². The fourth-order valence-electron chi connectivity index (χ4n) is 1.61. The zero-order valence-electron chi connectivity index (χ0n) is 11.9. The van der Waals surface area contributed by atoms with E-state index in [4.69, 9.17) is 4.74 Å². The number of aryl methyl sites for hydroxylation is 1.